The van der Waals surface area contributed by atoms with Gasteiger partial charge in [0.15, 0.2) is 0 Å². The van der Waals surface area contributed by atoms with E-state index < -0.39 is 5.54 Å². The summed E-state index contributed by atoms with van der Waals surface area (Å²) in [6, 6.07) is 0.194. The first-order chi connectivity index (χ1) is 10.2. The van der Waals surface area contributed by atoms with E-state index in [9.17, 15) is 9.59 Å². The van der Waals surface area contributed by atoms with Crippen LogP contribution in [0.2, 0.25) is 0 Å². The van der Waals surface area contributed by atoms with Crippen LogP contribution in [0.15, 0.2) is 17.3 Å². The van der Waals surface area contributed by atoms with Crippen LogP contribution in [0, 0.1) is 0 Å². The maximum atomic E-state index is 12.1. The molecule has 2 heterocycles. The van der Waals surface area contributed by atoms with Crippen LogP contribution in [0.1, 0.15) is 39.4 Å². The summed E-state index contributed by atoms with van der Waals surface area (Å²) in [5.41, 5.74) is -0.371. The van der Waals surface area contributed by atoms with Gasteiger partial charge >= 0.3 is 5.69 Å². The lowest BCUT2D eigenvalue weighted by Crippen LogP contribution is -2.44. The first kappa shape index (κ1) is 15.9. The summed E-state index contributed by atoms with van der Waals surface area (Å²) >= 11 is 0. The van der Waals surface area contributed by atoms with Crippen molar-refractivity contribution in [1.82, 2.24) is 34.7 Å². The highest BCUT2D eigenvalue weighted by atomic mass is 16.2. The summed E-state index contributed by atoms with van der Waals surface area (Å²) < 4.78 is 4.15. The predicted octanol–water partition coefficient (Wildman–Crippen LogP) is -0.194. The second-order valence-corrected chi connectivity index (χ2v) is 6.03. The fraction of sp³-hybridized carbons (Fsp3) is 0.615. The van der Waals surface area contributed by atoms with Gasteiger partial charge in [-0.2, -0.15) is 5.10 Å². The number of aryl methyl sites for hydroxylation is 1. The highest BCUT2D eigenvalue weighted by molar-refractivity contribution is 5.76. The van der Waals surface area contributed by atoms with Crippen molar-refractivity contribution in [3.05, 3.63) is 28.7 Å². The normalized spacial score (nSPS) is 11.9. The van der Waals surface area contributed by atoms with Gasteiger partial charge in [-0.1, -0.05) is 5.21 Å². The Labute approximate surface area is 127 Å². The first-order valence-electron chi connectivity index (χ1n) is 7.02. The molecule has 0 bridgehead atoms. The number of amides is 1. The van der Waals surface area contributed by atoms with Crippen molar-refractivity contribution in [2.24, 2.45) is 7.05 Å². The average Bonchev–Trinajstić information content (AvgIpc) is 3.01. The van der Waals surface area contributed by atoms with Gasteiger partial charge in [0, 0.05) is 13.1 Å². The van der Waals surface area contributed by atoms with E-state index in [1.165, 1.54) is 10.9 Å². The molecule has 120 valence electrons. The molecule has 2 rings (SSSR count). The van der Waals surface area contributed by atoms with E-state index in [0.717, 1.165) is 4.68 Å². The van der Waals surface area contributed by atoms with Gasteiger partial charge in [0.05, 0.1) is 11.7 Å². The van der Waals surface area contributed by atoms with E-state index >= 15 is 0 Å². The van der Waals surface area contributed by atoms with Crippen molar-refractivity contribution in [3.8, 4) is 0 Å². The number of hydrogen-bond acceptors (Lipinski definition) is 5. The largest absolute Gasteiger partial charge is 0.345 e. The number of nitrogens with one attached hydrogen (secondary N) is 1. The predicted molar refractivity (Wildman–Crippen MR) is 79.0 cm³/mol. The van der Waals surface area contributed by atoms with E-state index in [2.05, 4.69) is 20.7 Å². The maximum Gasteiger partial charge on any atom is 0.345 e. The van der Waals surface area contributed by atoms with Gasteiger partial charge in [-0.15, -0.1) is 5.10 Å². The van der Waals surface area contributed by atoms with Crippen LogP contribution in [-0.4, -0.2) is 35.2 Å². The summed E-state index contributed by atoms with van der Waals surface area (Å²) in [5.74, 6) is -0.315. The fourth-order valence-corrected chi connectivity index (χ4v) is 1.93. The molecule has 0 saturated carbocycles. The monoisotopic (exact) mass is 307 g/mol. The zero-order valence-electron chi connectivity index (χ0n) is 13.4. The molecule has 9 heteroatoms. The van der Waals surface area contributed by atoms with Gasteiger partial charge in [-0.25, -0.2) is 14.2 Å². The van der Waals surface area contributed by atoms with Crippen LogP contribution >= 0.6 is 0 Å². The Balaban J connectivity index is 2.08. The smallest absolute Gasteiger partial charge is 0.344 e. The van der Waals surface area contributed by atoms with Crippen LogP contribution in [-0.2, 0) is 23.9 Å². The minimum absolute atomic E-state index is 0.137. The number of rotatable bonds is 5. The molecule has 0 aliphatic heterocycles. The average molecular weight is 307 g/mol. The molecule has 0 aliphatic carbocycles. The second-order valence-electron chi connectivity index (χ2n) is 6.03. The Morgan fingerprint density at radius 2 is 2.09 bits per heavy atom. The van der Waals surface area contributed by atoms with Crippen molar-refractivity contribution < 1.29 is 4.79 Å². The van der Waals surface area contributed by atoms with Gasteiger partial charge in [-0.05, 0) is 27.7 Å². The molecular weight excluding hydrogens is 286 g/mol. The zero-order valence-corrected chi connectivity index (χ0v) is 13.4. The van der Waals surface area contributed by atoms with Crippen molar-refractivity contribution in [2.75, 3.05) is 0 Å². The third-order valence-corrected chi connectivity index (χ3v) is 3.31. The molecule has 0 atom stereocenters. The Kier molecular flexibility index (Phi) is 4.16. The van der Waals surface area contributed by atoms with Crippen LogP contribution < -0.4 is 11.0 Å². The topological polar surface area (TPSA) is 99.6 Å². The van der Waals surface area contributed by atoms with Crippen LogP contribution in [0.3, 0.4) is 0 Å². The molecule has 0 aliphatic rings. The summed E-state index contributed by atoms with van der Waals surface area (Å²) in [6.07, 6.45) is 3.17. The molecule has 0 unspecified atom stereocenters. The van der Waals surface area contributed by atoms with Gasteiger partial charge in [0.1, 0.15) is 18.6 Å². The highest BCUT2D eigenvalue weighted by Gasteiger charge is 2.27. The van der Waals surface area contributed by atoms with Crippen molar-refractivity contribution in [2.45, 2.75) is 45.8 Å². The Morgan fingerprint density at radius 1 is 1.41 bits per heavy atom. The van der Waals surface area contributed by atoms with Gasteiger partial charge in [0.2, 0.25) is 5.91 Å². The first-order valence-corrected chi connectivity index (χ1v) is 7.02. The number of hydrogen-bond donors (Lipinski definition) is 1. The number of carbonyl (C=O) groups excluding carboxylic acids is 1. The third kappa shape index (κ3) is 3.23. The number of aromatic nitrogens is 6. The third-order valence-electron chi connectivity index (χ3n) is 3.31. The van der Waals surface area contributed by atoms with E-state index in [-0.39, 0.29) is 24.2 Å². The summed E-state index contributed by atoms with van der Waals surface area (Å²) in [6.45, 7) is 7.53. The maximum absolute atomic E-state index is 12.1. The van der Waals surface area contributed by atoms with Crippen LogP contribution in [0.5, 0.6) is 0 Å². The summed E-state index contributed by atoms with van der Waals surface area (Å²) in [4.78, 5) is 23.8. The molecule has 2 aromatic heterocycles. The van der Waals surface area contributed by atoms with E-state index in [1.807, 2.05) is 27.7 Å². The molecule has 9 nitrogen and oxygen atoms in total. The number of nitrogens with zero attached hydrogens (tertiary/aromatic N) is 6. The van der Waals surface area contributed by atoms with E-state index in [0.29, 0.717) is 5.69 Å². The Bertz CT molecular complexity index is 723. The summed E-state index contributed by atoms with van der Waals surface area (Å²) in [7, 11) is 1.58. The quantitative estimate of drug-likeness (QED) is 0.825. The van der Waals surface area contributed by atoms with Gasteiger partial charge in [0.25, 0.3) is 0 Å². The molecule has 1 amide bonds. The van der Waals surface area contributed by atoms with E-state index in [4.69, 9.17) is 0 Å². The van der Waals surface area contributed by atoms with Gasteiger partial charge in [-0.3, -0.25) is 9.36 Å². The van der Waals surface area contributed by atoms with Crippen molar-refractivity contribution >= 4 is 5.91 Å². The minimum Gasteiger partial charge on any atom is -0.344 e. The van der Waals surface area contributed by atoms with Crippen LogP contribution in [0.4, 0.5) is 0 Å². The van der Waals surface area contributed by atoms with Crippen molar-refractivity contribution in [1.29, 1.82) is 0 Å². The molecule has 0 saturated heterocycles. The molecule has 2 aromatic rings. The molecule has 0 radical (unpaired) electrons. The standard InChI is InChI=1S/C13H21N7O2/c1-9(2)19-6-10(16-17-19)13(3,4)15-11(21)7-20-12(22)18(5)8-14-20/h6,8-9H,7H2,1-5H3,(H,15,21). The molecule has 0 aromatic carbocycles. The summed E-state index contributed by atoms with van der Waals surface area (Å²) in [5, 5.41) is 14.8. The Morgan fingerprint density at radius 3 is 2.59 bits per heavy atom. The highest BCUT2D eigenvalue weighted by Crippen LogP contribution is 2.18. The van der Waals surface area contributed by atoms with Crippen LogP contribution in [0.25, 0.3) is 0 Å². The van der Waals surface area contributed by atoms with Crippen molar-refractivity contribution in [3.63, 3.8) is 0 Å². The second kappa shape index (κ2) is 5.74. The number of carbonyl (C=O) groups is 1. The molecule has 22 heavy (non-hydrogen) atoms. The lowest BCUT2D eigenvalue weighted by molar-refractivity contribution is -0.123. The SMILES string of the molecule is CC(C)n1cc(C(C)(C)NC(=O)Cn2ncn(C)c2=O)nn1. The van der Waals surface area contributed by atoms with Gasteiger partial charge < -0.3 is 5.32 Å². The minimum atomic E-state index is -0.692. The lowest BCUT2D eigenvalue weighted by atomic mass is 10.0. The molecule has 0 fully saturated rings. The molecular formula is C13H21N7O2. The molecule has 0 spiro atoms. The van der Waals surface area contributed by atoms with E-state index in [1.54, 1.807) is 17.9 Å². The molecule has 1 N–H and O–H groups in total. The Hall–Kier alpha value is -2.45. The zero-order chi connectivity index (χ0) is 16.5. The lowest BCUT2D eigenvalue weighted by Gasteiger charge is -2.23. The fourth-order valence-electron chi connectivity index (χ4n) is 1.93.